The number of anilines is 1. The van der Waals surface area contributed by atoms with E-state index in [0.717, 1.165) is 25.1 Å². The highest BCUT2D eigenvalue weighted by molar-refractivity contribution is 5.27. The van der Waals surface area contributed by atoms with Gasteiger partial charge in [0.15, 0.2) is 0 Å². The molecule has 0 aliphatic carbocycles. The van der Waals surface area contributed by atoms with Crippen molar-refractivity contribution in [2.45, 2.75) is 25.4 Å². The summed E-state index contributed by atoms with van der Waals surface area (Å²) in [5.74, 6) is 0.349. The third kappa shape index (κ3) is 1.08. The van der Waals surface area contributed by atoms with Gasteiger partial charge in [-0.05, 0) is 19.8 Å². The predicted molar refractivity (Wildman–Crippen MR) is 43.5 cm³/mol. The summed E-state index contributed by atoms with van der Waals surface area (Å²) in [4.78, 5) is 0. The Morgan fingerprint density at radius 1 is 1.67 bits per heavy atom. The van der Waals surface area contributed by atoms with Gasteiger partial charge < -0.3 is 15.0 Å². The summed E-state index contributed by atoms with van der Waals surface area (Å²) in [5, 5.41) is 3.84. The molecular formula is C8H12N2O2. The molecule has 1 saturated heterocycles. The van der Waals surface area contributed by atoms with Gasteiger partial charge in [-0.15, -0.1) is 0 Å². The summed E-state index contributed by atoms with van der Waals surface area (Å²) in [6.45, 7) is 2.81. The Morgan fingerprint density at radius 3 is 3.00 bits per heavy atom. The molecule has 0 spiro atoms. The second-order valence-corrected chi connectivity index (χ2v) is 3.30. The summed E-state index contributed by atoms with van der Waals surface area (Å²) in [6, 6.07) is 1.73. The molecule has 4 nitrogen and oxygen atoms in total. The average Bonchev–Trinajstić information content (AvgIpc) is 2.59. The van der Waals surface area contributed by atoms with E-state index >= 15 is 0 Å². The summed E-state index contributed by atoms with van der Waals surface area (Å²) in [7, 11) is 0. The van der Waals surface area contributed by atoms with Crippen LogP contribution in [0.3, 0.4) is 0 Å². The fourth-order valence-electron chi connectivity index (χ4n) is 1.52. The molecule has 1 fully saturated rings. The van der Waals surface area contributed by atoms with Crippen molar-refractivity contribution in [2.75, 3.05) is 12.3 Å². The number of aromatic nitrogens is 1. The molecule has 0 aromatic carbocycles. The zero-order valence-corrected chi connectivity index (χ0v) is 7.04. The lowest BCUT2D eigenvalue weighted by Crippen LogP contribution is -2.20. The molecule has 12 heavy (non-hydrogen) atoms. The second kappa shape index (κ2) is 2.48. The lowest BCUT2D eigenvalue weighted by molar-refractivity contribution is 0.0109. The largest absolute Gasteiger partial charge is 0.369 e. The normalized spacial score (nSPS) is 29.4. The van der Waals surface area contributed by atoms with Gasteiger partial charge in [-0.1, -0.05) is 5.16 Å². The maximum atomic E-state index is 5.56. The summed E-state index contributed by atoms with van der Waals surface area (Å²) in [6.07, 6.45) is 2.06. The van der Waals surface area contributed by atoms with Crippen LogP contribution in [0, 0.1) is 0 Å². The predicted octanol–water partition coefficient (Wildman–Crippen LogP) is 1.28. The van der Waals surface area contributed by atoms with Crippen molar-refractivity contribution < 1.29 is 9.26 Å². The lowest BCUT2D eigenvalue weighted by Gasteiger charge is -2.18. The van der Waals surface area contributed by atoms with E-state index < -0.39 is 0 Å². The Bertz CT molecular complexity index is 276. The molecule has 0 amide bonds. The minimum Gasteiger partial charge on any atom is -0.369 e. The van der Waals surface area contributed by atoms with E-state index in [1.165, 1.54) is 0 Å². The van der Waals surface area contributed by atoms with Gasteiger partial charge >= 0.3 is 0 Å². The van der Waals surface area contributed by atoms with Gasteiger partial charge in [0.25, 0.3) is 0 Å². The molecular weight excluding hydrogens is 156 g/mol. The van der Waals surface area contributed by atoms with Gasteiger partial charge in [0.1, 0.15) is 11.3 Å². The van der Waals surface area contributed by atoms with Crippen LogP contribution in [0.1, 0.15) is 25.5 Å². The van der Waals surface area contributed by atoms with Gasteiger partial charge in [0, 0.05) is 12.7 Å². The van der Waals surface area contributed by atoms with Gasteiger partial charge in [-0.25, -0.2) is 0 Å². The summed E-state index contributed by atoms with van der Waals surface area (Å²) < 4.78 is 10.4. The fourth-order valence-corrected chi connectivity index (χ4v) is 1.52. The molecule has 1 aromatic rings. The topological polar surface area (TPSA) is 61.3 Å². The smallest absolute Gasteiger partial charge is 0.222 e. The van der Waals surface area contributed by atoms with Crippen molar-refractivity contribution in [3.05, 3.63) is 11.8 Å². The molecule has 1 aliphatic rings. The van der Waals surface area contributed by atoms with Crippen molar-refractivity contribution in [3.8, 4) is 0 Å². The van der Waals surface area contributed by atoms with Crippen LogP contribution in [0.5, 0.6) is 0 Å². The Balaban J connectivity index is 2.28. The number of hydrogen-bond acceptors (Lipinski definition) is 4. The van der Waals surface area contributed by atoms with Crippen molar-refractivity contribution >= 4 is 5.88 Å². The van der Waals surface area contributed by atoms with E-state index in [4.69, 9.17) is 15.0 Å². The first kappa shape index (κ1) is 7.61. The number of ether oxygens (including phenoxy) is 1. The van der Waals surface area contributed by atoms with Crippen LogP contribution in [0.15, 0.2) is 10.6 Å². The van der Waals surface area contributed by atoms with Crippen LogP contribution in [0.2, 0.25) is 0 Å². The highest BCUT2D eigenvalue weighted by Crippen LogP contribution is 2.35. The zero-order valence-electron chi connectivity index (χ0n) is 7.04. The molecule has 1 aromatic heterocycles. The minimum absolute atomic E-state index is 0.277. The number of hydrogen-bond donors (Lipinski definition) is 1. The Morgan fingerprint density at radius 2 is 2.50 bits per heavy atom. The maximum absolute atomic E-state index is 5.56. The number of nitrogen functional groups attached to an aromatic ring is 1. The highest BCUT2D eigenvalue weighted by atomic mass is 16.5. The quantitative estimate of drug-likeness (QED) is 0.686. The Hall–Kier alpha value is -1.03. The number of nitrogens with two attached hydrogens (primary N) is 1. The number of rotatable bonds is 1. The molecule has 0 saturated carbocycles. The SMILES string of the molecule is CC1(c2cc(N)on2)CCCO1. The molecule has 4 heteroatoms. The zero-order chi connectivity index (χ0) is 8.60. The third-order valence-electron chi connectivity index (χ3n) is 2.29. The van der Waals surface area contributed by atoms with E-state index in [2.05, 4.69) is 5.16 Å². The number of nitrogens with zero attached hydrogens (tertiary/aromatic N) is 1. The first-order valence-corrected chi connectivity index (χ1v) is 4.07. The molecule has 1 aliphatic heterocycles. The summed E-state index contributed by atoms with van der Waals surface area (Å²) in [5.41, 5.74) is 5.95. The van der Waals surface area contributed by atoms with Gasteiger partial charge in [0.2, 0.25) is 5.88 Å². The fraction of sp³-hybridized carbons (Fsp3) is 0.625. The van der Waals surface area contributed by atoms with Crippen molar-refractivity contribution in [3.63, 3.8) is 0 Å². The van der Waals surface area contributed by atoms with Crippen LogP contribution >= 0.6 is 0 Å². The van der Waals surface area contributed by atoms with Crippen LogP contribution in [0.4, 0.5) is 5.88 Å². The van der Waals surface area contributed by atoms with Gasteiger partial charge in [-0.2, -0.15) is 0 Å². The molecule has 2 rings (SSSR count). The van der Waals surface area contributed by atoms with Crippen molar-refractivity contribution in [2.24, 2.45) is 0 Å². The molecule has 1 atom stereocenters. The summed E-state index contributed by atoms with van der Waals surface area (Å²) >= 11 is 0. The molecule has 66 valence electrons. The monoisotopic (exact) mass is 168 g/mol. The van der Waals surface area contributed by atoms with Crippen LogP contribution < -0.4 is 5.73 Å². The van der Waals surface area contributed by atoms with E-state index in [0.29, 0.717) is 5.88 Å². The van der Waals surface area contributed by atoms with Gasteiger partial charge in [0.05, 0.1) is 0 Å². The third-order valence-corrected chi connectivity index (χ3v) is 2.29. The maximum Gasteiger partial charge on any atom is 0.222 e. The first-order chi connectivity index (χ1) is 5.71. The molecule has 1 unspecified atom stereocenters. The average molecular weight is 168 g/mol. The van der Waals surface area contributed by atoms with Crippen molar-refractivity contribution in [1.82, 2.24) is 5.16 Å². The Kier molecular flexibility index (Phi) is 1.58. The second-order valence-electron chi connectivity index (χ2n) is 3.30. The standard InChI is InChI=1S/C8H12N2O2/c1-8(3-2-4-11-8)6-5-7(9)12-10-6/h5H,2-4,9H2,1H3. The van der Waals surface area contributed by atoms with E-state index in [1.807, 2.05) is 6.92 Å². The molecule has 0 radical (unpaired) electrons. The van der Waals surface area contributed by atoms with Gasteiger partial charge in [-0.3, -0.25) is 0 Å². The van der Waals surface area contributed by atoms with E-state index in [9.17, 15) is 0 Å². The van der Waals surface area contributed by atoms with Crippen LogP contribution in [-0.4, -0.2) is 11.8 Å². The Labute approximate surface area is 70.7 Å². The van der Waals surface area contributed by atoms with Crippen LogP contribution in [-0.2, 0) is 10.3 Å². The lowest BCUT2D eigenvalue weighted by atomic mass is 9.99. The molecule has 2 heterocycles. The van der Waals surface area contributed by atoms with Crippen LogP contribution in [0.25, 0.3) is 0 Å². The molecule has 2 N–H and O–H groups in total. The first-order valence-electron chi connectivity index (χ1n) is 4.07. The highest BCUT2D eigenvalue weighted by Gasteiger charge is 2.34. The van der Waals surface area contributed by atoms with E-state index in [-0.39, 0.29) is 5.60 Å². The van der Waals surface area contributed by atoms with Crippen molar-refractivity contribution in [1.29, 1.82) is 0 Å². The molecule has 0 bridgehead atoms. The van der Waals surface area contributed by atoms with E-state index in [1.54, 1.807) is 6.07 Å². The minimum atomic E-state index is -0.277.